The van der Waals surface area contributed by atoms with Crippen LogP contribution in [0.15, 0.2) is 11.8 Å². The molecule has 0 aromatic heterocycles. The molecule has 0 saturated carbocycles. The lowest BCUT2D eigenvalue weighted by Gasteiger charge is -2.29. The van der Waals surface area contributed by atoms with Gasteiger partial charge < -0.3 is 13.7 Å². The Labute approximate surface area is 100 Å². The molecular weight excluding hydrogens is 261 g/mol. The van der Waals surface area contributed by atoms with Gasteiger partial charge in [-0.05, 0) is 6.08 Å². The van der Waals surface area contributed by atoms with E-state index in [1.807, 2.05) is 0 Å². The normalized spacial score (nSPS) is 23.8. The smallest absolute Gasteiger partial charge is 0.405 e. The van der Waals surface area contributed by atoms with Crippen LogP contribution in [-0.2, 0) is 17.8 Å². The fraction of sp³-hybridized carbons (Fsp3) is 0.778. The van der Waals surface area contributed by atoms with Crippen LogP contribution in [0.5, 0.6) is 0 Å². The van der Waals surface area contributed by atoms with Crippen molar-refractivity contribution < 1.29 is 31.0 Å². The van der Waals surface area contributed by atoms with Gasteiger partial charge in [-0.1, -0.05) is 0 Å². The van der Waals surface area contributed by atoms with Crippen LogP contribution >= 0.6 is 12.3 Å². The second-order valence-electron chi connectivity index (χ2n) is 3.66. The van der Waals surface area contributed by atoms with Gasteiger partial charge >= 0.3 is 6.36 Å². The molecule has 0 unspecified atom stereocenters. The van der Waals surface area contributed by atoms with Gasteiger partial charge in [0.25, 0.3) is 0 Å². The van der Waals surface area contributed by atoms with Crippen LogP contribution < -0.4 is 0 Å². The van der Waals surface area contributed by atoms with Gasteiger partial charge in [0.05, 0.1) is 13.2 Å². The third-order valence-electron chi connectivity index (χ3n) is 2.48. The molecule has 98 valence electrons. The van der Waals surface area contributed by atoms with E-state index in [0.717, 1.165) is 0 Å². The SMILES string of the molecule is FC(F)(F)OSOC1=CCC2(CC1)OCCO2. The minimum Gasteiger partial charge on any atom is -0.405 e. The van der Waals surface area contributed by atoms with Gasteiger partial charge in [-0.25, -0.2) is 0 Å². The Bertz CT molecular complexity index is 299. The van der Waals surface area contributed by atoms with Crippen molar-refractivity contribution in [2.24, 2.45) is 0 Å². The third-order valence-corrected chi connectivity index (χ3v) is 3.02. The first-order valence-corrected chi connectivity index (χ1v) is 5.72. The molecule has 1 heterocycles. The zero-order valence-corrected chi connectivity index (χ0v) is 9.60. The zero-order chi connectivity index (χ0) is 12.4. The average molecular weight is 272 g/mol. The molecule has 1 aliphatic heterocycles. The summed E-state index contributed by atoms with van der Waals surface area (Å²) in [5, 5.41) is 0. The molecule has 0 aromatic rings. The van der Waals surface area contributed by atoms with Crippen molar-refractivity contribution in [3.05, 3.63) is 11.8 Å². The summed E-state index contributed by atoms with van der Waals surface area (Å²) >= 11 is -0.0772. The number of hydrogen-bond donors (Lipinski definition) is 0. The quantitative estimate of drug-likeness (QED) is 0.738. The number of hydrogen-bond acceptors (Lipinski definition) is 5. The minimum atomic E-state index is -4.70. The van der Waals surface area contributed by atoms with Gasteiger partial charge in [-0.3, -0.25) is 0 Å². The standard InChI is InChI=1S/C9H11F3O4S/c10-9(11,12)16-17-15-7-1-3-8(4-2-7)13-5-6-14-8/h1H,2-6H2. The van der Waals surface area contributed by atoms with Crippen molar-refractivity contribution in [3.8, 4) is 0 Å². The van der Waals surface area contributed by atoms with Crippen molar-refractivity contribution in [3.63, 3.8) is 0 Å². The van der Waals surface area contributed by atoms with E-state index in [4.69, 9.17) is 13.7 Å². The Hall–Kier alpha value is -0.440. The molecule has 2 aliphatic rings. The van der Waals surface area contributed by atoms with Crippen molar-refractivity contribution in [1.29, 1.82) is 0 Å². The summed E-state index contributed by atoms with van der Waals surface area (Å²) in [7, 11) is 0. The summed E-state index contributed by atoms with van der Waals surface area (Å²) in [6, 6.07) is 0. The Balaban J connectivity index is 1.75. The topological polar surface area (TPSA) is 36.9 Å². The highest BCUT2D eigenvalue weighted by Crippen LogP contribution is 2.37. The number of rotatable bonds is 3. The van der Waals surface area contributed by atoms with Crippen LogP contribution in [0.1, 0.15) is 19.3 Å². The summed E-state index contributed by atoms with van der Waals surface area (Å²) in [6.07, 6.45) is -1.51. The Morgan fingerprint density at radius 2 is 2.00 bits per heavy atom. The van der Waals surface area contributed by atoms with E-state index >= 15 is 0 Å². The first kappa shape index (κ1) is 13.0. The molecule has 1 aliphatic carbocycles. The highest BCUT2D eigenvalue weighted by atomic mass is 32.2. The van der Waals surface area contributed by atoms with E-state index in [0.29, 0.717) is 38.2 Å². The van der Waals surface area contributed by atoms with Crippen LogP contribution in [0, 0.1) is 0 Å². The fourth-order valence-corrected chi connectivity index (χ4v) is 2.07. The summed E-state index contributed by atoms with van der Waals surface area (Å²) in [4.78, 5) is 0. The van der Waals surface area contributed by atoms with Crippen LogP contribution in [0.2, 0.25) is 0 Å². The maximum atomic E-state index is 11.7. The summed E-state index contributed by atoms with van der Waals surface area (Å²) in [5.41, 5.74) is 0. The van der Waals surface area contributed by atoms with Gasteiger partial charge in [0.1, 0.15) is 5.76 Å². The number of halogens is 3. The predicted molar refractivity (Wildman–Crippen MR) is 52.4 cm³/mol. The Morgan fingerprint density at radius 1 is 1.29 bits per heavy atom. The van der Waals surface area contributed by atoms with Gasteiger partial charge in [-0.2, -0.15) is 4.18 Å². The molecule has 1 spiro atoms. The number of allylic oxidation sites excluding steroid dienone is 1. The lowest BCUT2D eigenvalue weighted by Crippen LogP contribution is -2.31. The van der Waals surface area contributed by atoms with Gasteiger partial charge in [-0.15, -0.1) is 13.2 Å². The maximum Gasteiger partial charge on any atom is 0.536 e. The molecule has 1 saturated heterocycles. The largest absolute Gasteiger partial charge is 0.536 e. The molecule has 4 nitrogen and oxygen atoms in total. The van der Waals surface area contributed by atoms with E-state index in [9.17, 15) is 13.2 Å². The predicted octanol–water partition coefficient (Wildman–Crippen LogP) is 2.91. The number of alkyl halides is 3. The molecule has 0 atom stereocenters. The molecule has 17 heavy (non-hydrogen) atoms. The van der Waals surface area contributed by atoms with Crippen LogP contribution in [0.4, 0.5) is 13.2 Å². The van der Waals surface area contributed by atoms with Crippen molar-refractivity contribution in [2.45, 2.75) is 31.4 Å². The van der Waals surface area contributed by atoms with Crippen LogP contribution in [0.3, 0.4) is 0 Å². The summed E-state index contributed by atoms with van der Waals surface area (Å²) in [5.74, 6) is -0.147. The average Bonchev–Trinajstić information content (AvgIpc) is 2.68. The molecule has 0 radical (unpaired) electrons. The highest BCUT2D eigenvalue weighted by molar-refractivity contribution is 7.90. The molecule has 0 N–H and O–H groups in total. The summed E-state index contributed by atoms with van der Waals surface area (Å²) < 4.78 is 54.1. The van der Waals surface area contributed by atoms with E-state index in [1.165, 1.54) is 0 Å². The molecule has 0 aromatic carbocycles. The first-order chi connectivity index (χ1) is 7.99. The lowest BCUT2D eigenvalue weighted by atomic mass is 9.99. The first-order valence-electron chi connectivity index (χ1n) is 5.05. The minimum absolute atomic E-state index is 0.0772. The molecule has 1 fully saturated rings. The molecule has 0 bridgehead atoms. The van der Waals surface area contributed by atoms with Gasteiger partial charge in [0.2, 0.25) is 12.3 Å². The van der Waals surface area contributed by atoms with E-state index < -0.39 is 12.1 Å². The van der Waals surface area contributed by atoms with Crippen LogP contribution in [0.25, 0.3) is 0 Å². The Morgan fingerprint density at radius 3 is 2.53 bits per heavy atom. The maximum absolute atomic E-state index is 11.7. The number of ether oxygens (including phenoxy) is 2. The molecule has 8 heteroatoms. The molecule has 0 amide bonds. The van der Waals surface area contributed by atoms with Crippen molar-refractivity contribution >= 4 is 12.3 Å². The summed E-state index contributed by atoms with van der Waals surface area (Å²) in [6.45, 7) is 1.10. The van der Waals surface area contributed by atoms with Gasteiger partial charge in [0.15, 0.2) is 5.79 Å². The van der Waals surface area contributed by atoms with Crippen LogP contribution in [-0.4, -0.2) is 25.4 Å². The second kappa shape index (κ2) is 5.05. The molecular formula is C9H11F3O4S. The monoisotopic (exact) mass is 272 g/mol. The second-order valence-corrected chi connectivity index (χ2v) is 4.13. The Kier molecular flexibility index (Phi) is 3.86. The lowest BCUT2D eigenvalue weighted by molar-refractivity contribution is -0.269. The highest BCUT2D eigenvalue weighted by Gasteiger charge is 2.38. The van der Waals surface area contributed by atoms with E-state index in [1.54, 1.807) is 6.08 Å². The van der Waals surface area contributed by atoms with Gasteiger partial charge in [0, 0.05) is 19.3 Å². The zero-order valence-electron chi connectivity index (χ0n) is 8.79. The van der Waals surface area contributed by atoms with Crippen molar-refractivity contribution in [1.82, 2.24) is 0 Å². The molecule has 2 rings (SSSR count). The third kappa shape index (κ3) is 3.77. The van der Waals surface area contributed by atoms with E-state index in [-0.39, 0.29) is 12.3 Å². The van der Waals surface area contributed by atoms with E-state index in [2.05, 4.69) is 4.18 Å². The van der Waals surface area contributed by atoms with Crippen molar-refractivity contribution in [2.75, 3.05) is 13.2 Å². The fourth-order valence-electron chi connectivity index (χ4n) is 1.72.